The lowest BCUT2D eigenvalue weighted by Gasteiger charge is -1.91. The van der Waals surface area contributed by atoms with Gasteiger partial charge in [-0.05, 0) is 0 Å². The molecular weight excluding hydrogens is 168 g/mol. The SMILES string of the molecule is Cn1cc[n+](C)c1S(=O)(=O)O. The Hall–Kier alpha value is -0.880. The number of nitrogens with zero attached hydrogens (tertiary/aromatic N) is 2. The Morgan fingerprint density at radius 3 is 2.36 bits per heavy atom. The van der Waals surface area contributed by atoms with Gasteiger partial charge in [-0.3, -0.25) is 4.55 Å². The zero-order valence-electron chi connectivity index (χ0n) is 6.22. The molecule has 1 heterocycles. The first kappa shape index (κ1) is 8.22. The molecule has 0 saturated carbocycles. The molecule has 0 fully saturated rings. The van der Waals surface area contributed by atoms with Crippen molar-refractivity contribution in [1.82, 2.24) is 4.57 Å². The highest BCUT2D eigenvalue weighted by molar-refractivity contribution is 7.85. The van der Waals surface area contributed by atoms with Crippen LogP contribution >= 0.6 is 0 Å². The quantitative estimate of drug-likeness (QED) is 0.446. The van der Waals surface area contributed by atoms with Crippen molar-refractivity contribution in [2.75, 3.05) is 0 Å². The van der Waals surface area contributed by atoms with Gasteiger partial charge in [-0.15, -0.1) is 0 Å². The molecule has 0 atom stereocenters. The van der Waals surface area contributed by atoms with Gasteiger partial charge in [0.05, 0.1) is 14.1 Å². The third-order valence-electron chi connectivity index (χ3n) is 1.35. The Bertz CT molecular complexity index is 346. The average molecular weight is 177 g/mol. The minimum absolute atomic E-state index is 0.127. The van der Waals surface area contributed by atoms with E-state index in [2.05, 4.69) is 0 Å². The van der Waals surface area contributed by atoms with Crippen LogP contribution in [0.15, 0.2) is 17.6 Å². The lowest BCUT2D eigenvalue weighted by atomic mass is 10.9. The number of rotatable bonds is 1. The van der Waals surface area contributed by atoms with Gasteiger partial charge in [0.2, 0.25) is 0 Å². The summed E-state index contributed by atoms with van der Waals surface area (Å²) < 4.78 is 32.6. The standard InChI is InChI=1S/C5H8N2O3S/c1-6-3-4-7(2)5(6)11(8,9)10/h3-4H,1-2H3/p+1. The lowest BCUT2D eigenvalue weighted by molar-refractivity contribution is -0.710. The van der Waals surface area contributed by atoms with E-state index in [-0.39, 0.29) is 5.16 Å². The second-order valence-electron chi connectivity index (χ2n) is 2.28. The van der Waals surface area contributed by atoms with Crippen LogP contribution in [0.25, 0.3) is 0 Å². The van der Waals surface area contributed by atoms with E-state index in [1.807, 2.05) is 0 Å². The maximum atomic E-state index is 10.6. The van der Waals surface area contributed by atoms with Gasteiger partial charge in [0, 0.05) is 0 Å². The first-order chi connectivity index (χ1) is 4.93. The third kappa shape index (κ3) is 1.41. The van der Waals surface area contributed by atoms with Crippen LogP contribution in [0.2, 0.25) is 0 Å². The summed E-state index contributed by atoms with van der Waals surface area (Å²) in [4.78, 5) is 0. The molecule has 0 saturated heterocycles. The highest BCUT2D eigenvalue weighted by Gasteiger charge is 2.25. The Morgan fingerprint density at radius 2 is 2.18 bits per heavy atom. The number of aryl methyl sites for hydroxylation is 2. The molecule has 0 aromatic carbocycles. The molecule has 0 aliphatic heterocycles. The Morgan fingerprint density at radius 1 is 1.64 bits per heavy atom. The molecule has 6 heteroatoms. The Balaban J connectivity index is 3.45. The smallest absolute Gasteiger partial charge is 0.276 e. The second kappa shape index (κ2) is 2.31. The lowest BCUT2D eigenvalue weighted by Crippen LogP contribution is -2.33. The van der Waals surface area contributed by atoms with Crippen LogP contribution in [-0.2, 0) is 24.2 Å². The average Bonchev–Trinajstić information content (AvgIpc) is 2.08. The predicted molar refractivity (Wildman–Crippen MR) is 36.4 cm³/mol. The predicted octanol–water partition coefficient (Wildman–Crippen LogP) is -0.904. The topological polar surface area (TPSA) is 63.2 Å². The summed E-state index contributed by atoms with van der Waals surface area (Å²) in [5, 5.41) is -0.127. The largest absolute Gasteiger partial charge is 0.402 e. The molecule has 0 spiro atoms. The molecule has 0 amide bonds. The highest BCUT2D eigenvalue weighted by atomic mass is 32.2. The zero-order valence-corrected chi connectivity index (χ0v) is 7.04. The molecule has 5 nitrogen and oxygen atoms in total. The van der Waals surface area contributed by atoms with Crippen molar-refractivity contribution in [3.63, 3.8) is 0 Å². The molecule has 1 N–H and O–H groups in total. The van der Waals surface area contributed by atoms with Crippen LogP contribution < -0.4 is 4.57 Å². The maximum Gasteiger partial charge on any atom is 0.402 e. The maximum absolute atomic E-state index is 10.6. The summed E-state index contributed by atoms with van der Waals surface area (Å²) in [5.41, 5.74) is 0. The van der Waals surface area contributed by atoms with Crippen molar-refractivity contribution in [3.05, 3.63) is 12.4 Å². The number of hydrogen-bond acceptors (Lipinski definition) is 2. The molecule has 1 aromatic heterocycles. The van der Waals surface area contributed by atoms with E-state index in [0.29, 0.717) is 0 Å². The molecule has 1 rings (SSSR count). The number of hydrogen-bond donors (Lipinski definition) is 1. The van der Waals surface area contributed by atoms with E-state index in [1.54, 1.807) is 26.5 Å². The van der Waals surface area contributed by atoms with Gasteiger partial charge in [0.25, 0.3) is 0 Å². The van der Waals surface area contributed by atoms with Crippen LogP contribution in [-0.4, -0.2) is 17.5 Å². The molecular formula is C5H9N2O3S+. The van der Waals surface area contributed by atoms with Gasteiger partial charge in [0.1, 0.15) is 12.4 Å². The van der Waals surface area contributed by atoms with E-state index in [0.717, 1.165) is 0 Å². The van der Waals surface area contributed by atoms with E-state index in [9.17, 15) is 8.42 Å². The summed E-state index contributed by atoms with van der Waals surface area (Å²) in [7, 11) is -1.01. The summed E-state index contributed by atoms with van der Waals surface area (Å²) in [5.74, 6) is 0. The fraction of sp³-hybridized carbons (Fsp3) is 0.400. The van der Waals surface area contributed by atoms with Crippen LogP contribution in [0.5, 0.6) is 0 Å². The van der Waals surface area contributed by atoms with Crippen LogP contribution in [0.4, 0.5) is 0 Å². The fourth-order valence-corrected chi connectivity index (χ4v) is 1.79. The minimum atomic E-state index is -4.09. The molecule has 0 unspecified atom stereocenters. The summed E-state index contributed by atoms with van der Waals surface area (Å²) in [6, 6.07) is 0. The van der Waals surface area contributed by atoms with Crippen molar-refractivity contribution in [3.8, 4) is 0 Å². The zero-order chi connectivity index (χ0) is 8.65. The molecule has 11 heavy (non-hydrogen) atoms. The summed E-state index contributed by atoms with van der Waals surface area (Å²) in [6.07, 6.45) is 3.09. The second-order valence-corrected chi connectivity index (χ2v) is 3.59. The van der Waals surface area contributed by atoms with E-state index < -0.39 is 10.1 Å². The monoisotopic (exact) mass is 177 g/mol. The number of imidazole rings is 1. The van der Waals surface area contributed by atoms with E-state index >= 15 is 0 Å². The molecule has 0 aliphatic carbocycles. The van der Waals surface area contributed by atoms with Crippen molar-refractivity contribution in [1.29, 1.82) is 0 Å². The summed E-state index contributed by atoms with van der Waals surface area (Å²) in [6.45, 7) is 0. The van der Waals surface area contributed by atoms with Crippen molar-refractivity contribution >= 4 is 10.1 Å². The van der Waals surface area contributed by atoms with Gasteiger partial charge >= 0.3 is 15.3 Å². The third-order valence-corrected chi connectivity index (χ3v) is 2.39. The van der Waals surface area contributed by atoms with Crippen molar-refractivity contribution in [2.24, 2.45) is 14.1 Å². The molecule has 0 aliphatic rings. The first-order valence-corrected chi connectivity index (χ1v) is 4.35. The Labute approximate surface area is 64.6 Å². The van der Waals surface area contributed by atoms with Crippen LogP contribution in [0, 0.1) is 0 Å². The molecule has 1 aromatic rings. The fourth-order valence-electron chi connectivity index (χ4n) is 0.940. The molecule has 0 radical (unpaired) electrons. The van der Waals surface area contributed by atoms with Gasteiger partial charge in [0.15, 0.2) is 0 Å². The van der Waals surface area contributed by atoms with Crippen LogP contribution in [0.3, 0.4) is 0 Å². The van der Waals surface area contributed by atoms with E-state index in [4.69, 9.17) is 4.55 Å². The molecule has 0 bridgehead atoms. The normalized spacial score (nSPS) is 11.9. The summed E-state index contributed by atoms with van der Waals surface area (Å²) >= 11 is 0. The van der Waals surface area contributed by atoms with Gasteiger partial charge in [-0.2, -0.15) is 8.42 Å². The van der Waals surface area contributed by atoms with Gasteiger partial charge in [-0.1, -0.05) is 0 Å². The van der Waals surface area contributed by atoms with Crippen molar-refractivity contribution in [2.45, 2.75) is 5.16 Å². The Kier molecular flexibility index (Phi) is 1.73. The van der Waals surface area contributed by atoms with Crippen LogP contribution in [0.1, 0.15) is 0 Å². The van der Waals surface area contributed by atoms with Gasteiger partial charge in [-0.25, -0.2) is 9.13 Å². The van der Waals surface area contributed by atoms with E-state index in [1.165, 1.54) is 9.13 Å². The highest BCUT2D eigenvalue weighted by Crippen LogP contribution is 1.99. The van der Waals surface area contributed by atoms with Crippen molar-refractivity contribution < 1.29 is 17.5 Å². The molecule has 62 valence electrons. The number of aromatic nitrogens is 2. The first-order valence-electron chi connectivity index (χ1n) is 2.91. The minimum Gasteiger partial charge on any atom is -0.276 e. The van der Waals surface area contributed by atoms with Gasteiger partial charge < -0.3 is 0 Å².